The van der Waals surface area contributed by atoms with E-state index in [0.29, 0.717) is 5.82 Å². The van der Waals surface area contributed by atoms with Crippen molar-refractivity contribution < 1.29 is 9.31 Å². The summed E-state index contributed by atoms with van der Waals surface area (Å²) in [6.07, 6.45) is 0.882. The summed E-state index contributed by atoms with van der Waals surface area (Å²) in [5, 5.41) is 0. The molecular weight excluding hydrogens is 227 g/mol. The Morgan fingerprint density at radius 2 is 1.72 bits per heavy atom. The number of aryl methyl sites for hydroxylation is 1. The fourth-order valence-electron chi connectivity index (χ4n) is 1.98. The summed E-state index contributed by atoms with van der Waals surface area (Å²) >= 11 is 0. The maximum atomic E-state index is 6.01. The molecule has 2 N–H and O–H groups in total. The fraction of sp³-hybridized carbons (Fsp3) is 0.615. The molecule has 0 bridgehead atoms. The number of nitrogens with zero attached hydrogens (tertiary/aromatic N) is 1. The molecule has 0 unspecified atom stereocenters. The number of anilines is 1. The van der Waals surface area contributed by atoms with E-state index in [2.05, 4.69) is 11.9 Å². The van der Waals surface area contributed by atoms with Crippen LogP contribution < -0.4 is 11.3 Å². The highest BCUT2D eigenvalue weighted by Crippen LogP contribution is 2.36. The Hall–Kier alpha value is -1.07. The molecule has 0 aliphatic carbocycles. The summed E-state index contributed by atoms with van der Waals surface area (Å²) in [5.74, 6) is 0.497. The van der Waals surface area contributed by atoms with Gasteiger partial charge in [0, 0.05) is 0 Å². The molecule has 5 heteroatoms. The van der Waals surface area contributed by atoms with Crippen molar-refractivity contribution in [2.45, 2.75) is 52.2 Å². The lowest BCUT2D eigenvalue weighted by Crippen LogP contribution is -2.41. The normalized spacial score (nSPS) is 21.3. The van der Waals surface area contributed by atoms with Gasteiger partial charge in [0.1, 0.15) is 5.82 Å². The molecule has 2 rings (SSSR count). The zero-order chi connectivity index (χ0) is 13.6. The molecule has 0 atom stereocenters. The highest BCUT2D eigenvalue weighted by atomic mass is 16.7. The van der Waals surface area contributed by atoms with Crippen LogP contribution in [-0.2, 0) is 15.7 Å². The Kier molecular flexibility index (Phi) is 3.15. The van der Waals surface area contributed by atoms with Crippen LogP contribution in [0.3, 0.4) is 0 Å². The second-order valence-corrected chi connectivity index (χ2v) is 5.72. The lowest BCUT2D eigenvalue weighted by molar-refractivity contribution is 0.00578. The predicted molar refractivity (Wildman–Crippen MR) is 73.7 cm³/mol. The van der Waals surface area contributed by atoms with Gasteiger partial charge in [0.15, 0.2) is 0 Å². The molecule has 0 radical (unpaired) electrons. The topological polar surface area (TPSA) is 57.4 Å². The molecule has 1 fully saturated rings. The van der Waals surface area contributed by atoms with Gasteiger partial charge < -0.3 is 15.0 Å². The summed E-state index contributed by atoms with van der Waals surface area (Å²) in [7, 11) is -0.437. The quantitative estimate of drug-likeness (QED) is 0.806. The van der Waals surface area contributed by atoms with Gasteiger partial charge in [-0.1, -0.05) is 13.0 Å². The second kappa shape index (κ2) is 4.25. The summed E-state index contributed by atoms with van der Waals surface area (Å²) in [6, 6.07) is 3.80. The minimum atomic E-state index is -0.437. The van der Waals surface area contributed by atoms with Gasteiger partial charge in [-0.3, -0.25) is 0 Å². The van der Waals surface area contributed by atoms with Crippen LogP contribution in [0.25, 0.3) is 0 Å². The Morgan fingerprint density at radius 3 is 2.22 bits per heavy atom. The highest BCUT2D eigenvalue weighted by Gasteiger charge is 2.52. The minimum absolute atomic E-state index is 0.352. The first-order valence-corrected chi connectivity index (χ1v) is 6.38. The van der Waals surface area contributed by atoms with E-state index in [-0.39, 0.29) is 11.2 Å². The number of nitrogens with two attached hydrogens (primary N) is 1. The molecule has 2 heterocycles. The smallest absolute Gasteiger partial charge is 0.398 e. The van der Waals surface area contributed by atoms with E-state index >= 15 is 0 Å². The van der Waals surface area contributed by atoms with Crippen LogP contribution >= 0.6 is 0 Å². The lowest BCUT2D eigenvalue weighted by atomic mass is 9.80. The van der Waals surface area contributed by atoms with Gasteiger partial charge in [0.2, 0.25) is 0 Å². The van der Waals surface area contributed by atoms with Crippen LogP contribution in [-0.4, -0.2) is 23.3 Å². The number of rotatable bonds is 2. The third-order valence-corrected chi connectivity index (χ3v) is 3.89. The highest BCUT2D eigenvalue weighted by molar-refractivity contribution is 6.61. The van der Waals surface area contributed by atoms with Crippen molar-refractivity contribution >= 4 is 18.5 Å². The maximum absolute atomic E-state index is 6.01. The SMILES string of the molecule is CCc1ccc(N)nc1B1OC(C)(C)C(C)(C)O1. The predicted octanol–water partition coefficient (Wildman–Crippen LogP) is 1.53. The van der Waals surface area contributed by atoms with Gasteiger partial charge in [-0.15, -0.1) is 0 Å². The molecule has 1 aromatic rings. The van der Waals surface area contributed by atoms with Crippen LogP contribution in [0.1, 0.15) is 40.2 Å². The molecule has 4 nitrogen and oxygen atoms in total. The molecule has 0 aromatic carbocycles. The first-order chi connectivity index (χ1) is 8.27. The van der Waals surface area contributed by atoms with E-state index in [4.69, 9.17) is 15.0 Å². The Labute approximate surface area is 109 Å². The number of hydrogen-bond acceptors (Lipinski definition) is 4. The van der Waals surface area contributed by atoms with Crippen molar-refractivity contribution in [3.63, 3.8) is 0 Å². The maximum Gasteiger partial charge on any atom is 0.514 e. The van der Waals surface area contributed by atoms with E-state index in [1.807, 2.05) is 39.8 Å². The third kappa shape index (κ3) is 2.13. The summed E-state index contributed by atoms with van der Waals surface area (Å²) in [5.41, 5.74) is 6.97. The van der Waals surface area contributed by atoms with Gasteiger partial charge in [-0.25, -0.2) is 4.98 Å². The summed E-state index contributed by atoms with van der Waals surface area (Å²) in [6.45, 7) is 10.2. The molecule has 1 aromatic heterocycles. The van der Waals surface area contributed by atoms with Crippen LogP contribution in [0.4, 0.5) is 5.82 Å². The number of aromatic nitrogens is 1. The van der Waals surface area contributed by atoms with Gasteiger partial charge in [0.05, 0.1) is 16.8 Å². The van der Waals surface area contributed by atoms with E-state index in [1.54, 1.807) is 0 Å². The van der Waals surface area contributed by atoms with Crippen molar-refractivity contribution in [2.75, 3.05) is 5.73 Å². The average Bonchev–Trinajstić information content (AvgIpc) is 2.48. The summed E-state index contributed by atoms with van der Waals surface area (Å²) in [4.78, 5) is 4.38. The number of nitrogen functional groups attached to an aromatic ring is 1. The molecule has 0 amide bonds. The van der Waals surface area contributed by atoms with E-state index in [0.717, 1.165) is 17.6 Å². The van der Waals surface area contributed by atoms with Gasteiger partial charge in [-0.05, 0) is 45.7 Å². The Balaban J connectivity index is 2.37. The molecular formula is C13H21BN2O2. The van der Waals surface area contributed by atoms with Gasteiger partial charge in [-0.2, -0.15) is 0 Å². The second-order valence-electron chi connectivity index (χ2n) is 5.72. The first-order valence-electron chi connectivity index (χ1n) is 6.38. The van der Waals surface area contributed by atoms with Crippen LogP contribution in [0.2, 0.25) is 0 Å². The number of hydrogen-bond donors (Lipinski definition) is 1. The van der Waals surface area contributed by atoms with Crippen LogP contribution in [0, 0.1) is 0 Å². The molecule has 0 spiro atoms. The van der Waals surface area contributed by atoms with E-state index in [9.17, 15) is 0 Å². The fourth-order valence-corrected chi connectivity index (χ4v) is 1.98. The minimum Gasteiger partial charge on any atom is -0.398 e. The molecule has 1 saturated heterocycles. The Bertz CT molecular complexity index is 444. The molecule has 1 aliphatic rings. The van der Waals surface area contributed by atoms with Crippen LogP contribution in [0.5, 0.6) is 0 Å². The van der Waals surface area contributed by atoms with Crippen molar-refractivity contribution in [2.24, 2.45) is 0 Å². The largest absolute Gasteiger partial charge is 0.514 e. The zero-order valence-electron chi connectivity index (χ0n) is 11.8. The molecule has 18 heavy (non-hydrogen) atoms. The van der Waals surface area contributed by atoms with Crippen molar-refractivity contribution in [3.05, 3.63) is 17.7 Å². The molecule has 0 saturated carbocycles. The van der Waals surface area contributed by atoms with Crippen molar-refractivity contribution in [1.29, 1.82) is 0 Å². The first kappa shape index (κ1) is 13.4. The lowest BCUT2D eigenvalue weighted by Gasteiger charge is -2.32. The van der Waals surface area contributed by atoms with Gasteiger partial charge >= 0.3 is 7.12 Å². The Morgan fingerprint density at radius 1 is 1.17 bits per heavy atom. The van der Waals surface area contributed by atoms with E-state index in [1.165, 1.54) is 0 Å². The number of pyridine rings is 1. The monoisotopic (exact) mass is 248 g/mol. The third-order valence-electron chi connectivity index (χ3n) is 3.89. The standard InChI is InChI=1S/C13H21BN2O2/c1-6-9-7-8-10(15)16-11(9)14-17-12(2,3)13(4,5)18-14/h7-8H,6H2,1-5H3,(H2,15,16). The van der Waals surface area contributed by atoms with Gasteiger partial charge in [0.25, 0.3) is 0 Å². The molecule has 1 aliphatic heterocycles. The van der Waals surface area contributed by atoms with Crippen molar-refractivity contribution in [1.82, 2.24) is 4.98 Å². The van der Waals surface area contributed by atoms with Crippen LogP contribution in [0.15, 0.2) is 12.1 Å². The molecule has 98 valence electrons. The summed E-state index contributed by atoms with van der Waals surface area (Å²) < 4.78 is 12.0. The van der Waals surface area contributed by atoms with E-state index < -0.39 is 7.12 Å². The van der Waals surface area contributed by atoms with Crippen molar-refractivity contribution in [3.8, 4) is 0 Å². The zero-order valence-corrected chi connectivity index (χ0v) is 11.8. The average molecular weight is 248 g/mol.